The highest BCUT2D eigenvalue weighted by molar-refractivity contribution is 5.11. The molecule has 2 saturated carbocycles. The van der Waals surface area contributed by atoms with Gasteiger partial charge in [0.1, 0.15) is 0 Å². The van der Waals surface area contributed by atoms with Gasteiger partial charge in [0.05, 0.1) is 6.10 Å². The fraction of sp³-hybridized carbons (Fsp3) is 1.00. The zero-order chi connectivity index (χ0) is 9.60. The van der Waals surface area contributed by atoms with Crippen molar-refractivity contribution in [2.75, 3.05) is 13.2 Å². The van der Waals surface area contributed by atoms with Crippen molar-refractivity contribution in [2.45, 2.75) is 44.6 Å². The van der Waals surface area contributed by atoms with Crippen molar-refractivity contribution in [3.8, 4) is 0 Å². The van der Waals surface area contributed by atoms with Crippen LogP contribution in [0.15, 0.2) is 0 Å². The third kappa shape index (κ3) is 0.989. The second-order valence-corrected chi connectivity index (χ2v) is 5.33. The van der Waals surface area contributed by atoms with Gasteiger partial charge >= 0.3 is 0 Å². The first-order chi connectivity index (χ1) is 6.88. The lowest BCUT2D eigenvalue weighted by atomic mass is 9.49. The Balaban J connectivity index is 1.82. The lowest BCUT2D eigenvalue weighted by molar-refractivity contribution is -0.237. The molecule has 3 atom stereocenters. The Bertz CT molecular complexity index is 212. The van der Waals surface area contributed by atoms with Crippen molar-refractivity contribution in [1.29, 1.82) is 0 Å². The minimum atomic E-state index is 0.393. The molecule has 1 N–H and O–H groups in total. The molecule has 2 aliphatic carbocycles. The van der Waals surface area contributed by atoms with Crippen molar-refractivity contribution < 1.29 is 9.84 Å². The second-order valence-electron chi connectivity index (χ2n) is 5.33. The first-order valence-electron chi connectivity index (χ1n) is 6.11. The van der Waals surface area contributed by atoms with Gasteiger partial charge in [-0.15, -0.1) is 0 Å². The molecule has 0 aromatic heterocycles. The maximum Gasteiger partial charge on any atom is 0.0666 e. The lowest BCUT2D eigenvalue weighted by Gasteiger charge is -2.61. The summed E-state index contributed by atoms with van der Waals surface area (Å²) in [5, 5.41) is 9.50. The van der Waals surface area contributed by atoms with Crippen LogP contribution in [0.25, 0.3) is 0 Å². The van der Waals surface area contributed by atoms with Crippen LogP contribution < -0.4 is 0 Å². The number of ether oxygens (including phenoxy) is 1. The van der Waals surface area contributed by atoms with Crippen LogP contribution in [0.1, 0.15) is 38.5 Å². The normalized spacial score (nSPS) is 44.8. The molecule has 80 valence electrons. The number of hydrogen-bond acceptors (Lipinski definition) is 2. The number of hydrogen-bond donors (Lipinski definition) is 1. The van der Waals surface area contributed by atoms with Crippen molar-refractivity contribution in [3.05, 3.63) is 0 Å². The molecule has 2 nitrogen and oxygen atoms in total. The predicted molar refractivity (Wildman–Crippen MR) is 53.9 cm³/mol. The summed E-state index contributed by atoms with van der Waals surface area (Å²) in [6.45, 7) is 1.35. The average Bonchev–Trinajstić information content (AvgIpc) is 2.69. The van der Waals surface area contributed by atoms with Gasteiger partial charge in [-0.1, -0.05) is 12.8 Å². The third-order valence-corrected chi connectivity index (χ3v) is 4.92. The highest BCUT2D eigenvalue weighted by atomic mass is 16.5. The molecular formula is C12H20O2. The summed E-state index contributed by atoms with van der Waals surface area (Å²) in [5.41, 5.74) is 0.403. The Labute approximate surface area is 85.6 Å². The zero-order valence-corrected chi connectivity index (χ0v) is 8.74. The smallest absolute Gasteiger partial charge is 0.0666 e. The summed E-state index contributed by atoms with van der Waals surface area (Å²) >= 11 is 0. The molecule has 1 heterocycles. The quantitative estimate of drug-likeness (QED) is 0.694. The van der Waals surface area contributed by atoms with Gasteiger partial charge in [0.15, 0.2) is 0 Å². The molecule has 3 rings (SSSR count). The van der Waals surface area contributed by atoms with Crippen LogP contribution in [-0.2, 0) is 4.74 Å². The van der Waals surface area contributed by atoms with E-state index in [0.29, 0.717) is 30.0 Å². The molecule has 3 unspecified atom stereocenters. The van der Waals surface area contributed by atoms with Gasteiger partial charge in [0, 0.05) is 18.6 Å². The molecule has 1 saturated heterocycles. The van der Waals surface area contributed by atoms with Crippen LogP contribution in [0.4, 0.5) is 0 Å². The maximum absolute atomic E-state index is 9.50. The van der Waals surface area contributed by atoms with Gasteiger partial charge in [-0.05, 0) is 37.5 Å². The van der Waals surface area contributed by atoms with E-state index in [0.717, 1.165) is 6.61 Å². The summed E-state index contributed by atoms with van der Waals surface area (Å²) in [6.07, 6.45) is 8.31. The van der Waals surface area contributed by atoms with Gasteiger partial charge in [-0.3, -0.25) is 0 Å². The third-order valence-electron chi connectivity index (χ3n) is 4.92. The van der Waals surface area contributed by atoms with E-state index in [1.165, 1.54) is 38.5 Å². The lowest BCUT2D eigenvalue weighted by Crippen LogP contribution is -2.63. The summed E-state index contributed by atoms with van der Waals surface area (Å²) in [6, 6.07) is 0. The summed E-state index contributed by atoms with van der Waals surface area (Å²) in [5.74, 6) is 1.25. The molecule has 0 aromatic carbocycles. The monoisotopic (exact) mass is 196 g/mol. The SMILES string of the molecule is OCC1C2CCCOC2C12CCCC2. The van der Waals surface area contributed by atoms with Crippen LogP contribution in [0.5, 0.6) is 0 Å². The Morgan fingerprint density at radius 2 is 2.00 bits per heavy atom. The van der Waals surface area contributed by atoms with Crippen LogP contribution in [0, 0.1) is 17.3 Å². The summed E-state index contributed by atoms with van der Waals surface area (Å²) in [4.78, 5) is 0. The molecule has 1 spiro atoms. The van der Waals surface area contributed by atoms with Gasteiger partial charge in [0.25, 0.3) is 0 Å². The van der Waals surface area contributed by atoms with E-state index in [1.807, 2.05) is 0 Å². The van der Waals surface area contributed by atoms with E-state index in [1.54, 1.807) is 0 Å². The van der Waals surface area contributed by atoms with Gasteiger partial charge < -0.3 is 9.84 Å². The fourth-order valence-corrected chi connectivity index (χ4v) is 4.33. The predicted octanol–water partition coefficient (Wildman–Crippen LogP) is 1.96. The highest BCUT2D eigenvalue weighted by Gasteiger charge is 2.62. The van der Waals surface area contributed by atoms with Crippen molar-refractivity contribution in [3.63, 3.8) is 0 Å². The molecular weight excluding hydrogens is 176 g/mol. The van der Waals surface area contributed by atoms with E-state index in [-0.39, 0.29) is 0 Å². The summed E-state index contributed by atoms with van der Waals surface area (Å²) < 4.78 is 5.94. The Morgan fingerprint density at radius 3 is 2.71 bits per heavy atom. The molecule has 0 bridgehead atoms. The van der Waals surface area contributed by atoms with Gasteiger partial charge in [0.2, 0.25) is 0 Å². The molecule has 0 aromatic rings. The van der Waals surface area contributed by atoms with Crippen molar-refractivity contribution in [2.24, 2.45) is 17.3 Å². The number of aliphatic hydroxyl groups is 1. The Kier molecular flexibility index (Phi) is 2.10. The molecule has 3 fully saturated rings. The number of aliphatic hydroxyl groups excluding tert-OH is 1. The first kappa shape index (κ1) is 9.17. The molecule has 0 radical (unpaired) electrons. The fourth-order valence-electron chi connectivity index (χ4n) is 4.33. The molecule has 0 amide bonds. The summed E-state index contributed by atoms with van der Waals surface area (Å²) in [7, 11) is 0. The van der Waals surface area contributed by atoms with Crippen molar-refractivity contribution >= 4 is 0 Å². The van der Waals surface area contributed by atoms with Crippen LogP contribution >= 0.6 is 0 Å². The molecule has 1 aliphatic heterocycles. The van der Waals surface area contributed by atoms with E-state index < -0.39 is 0 Å². The zero-order valence-electron chi connectivity index (χ0n) is 8.74. The van der Waals surface area contributed by atoms with Crippen LogP contribution in [0.2, 0.25) is 0 Å². The molecule has 2 heteroatoms. The minimum absolute atomic E-state index is 0.393. The van der Waals surface area contributed by atoms with E-state index in [9.17, 15) is 5.11 Å². The average molecular weight is 196 g/mol. The Hall–Kier alpha value is -0.0800. The maximum atomic E-state index is 9.50. The number of fused-ring (bicyclic) bond motifs is 2. The van der Waals surface area contributed by atoms with Crippen LogP contribution in [-0.4, -0.2) is 24.4 Å². The molecule has 14 heavy (non-hydrogen) atoms. The van der Waals surface area contributed by atoms with Crippen molar-refractivity contribution in [1.82, 2.24) is 0 Å². The second kappa shape index (κ2) is 3.21. The van der Waals surface area contributed by atoms with E-state index in [2.05, 4.69) is 0 Å². The van der Waals surface area contributed by atoms with Gasteiger partial charge in [-0.25, -0.2) is 0 Å². The standard InChI is InChI=1S/C12H20O2/c13-8-10-9-4-3-7-14-11(9)12(10)5-1-2-6-12/h9-11,13H,1-8H2. The van der Waals surface area contributed by atoms with Gasteiger partial charge in [-0.2, -0.15) is 0 Å². The number of rotatable bonds is 1. The highest BCUT2D eigenvalue weighted by Crippen LogP contribution is 2.63. The van der Waals surface area contributed by atoms with Crippen LogP contribution in [0.3, 0.4) is 0 Å². The largest absolute Gasteiger partial charge is 0.396 e. The minimum Gasteiger partial charge on any atom is -0.396 e. The van der Waals surface area contributed by atoms with E-state index in [4.69, 9.17) is 4.74 Å². The topological polar surface area (TPSA) is 29.5 Å². The van der Waals surface area contributed by atoms with E-state index >= 15 is 0 Å². The molecule has 3 aliphatic rings. The Morgan fingerprint density at radius 1 is 1.21 bits per heavy atom. The first-order valence-corrected chi connectivity index (χ1v) is 6.11.